The maximum Gasteiger partial charge on any atom is 0.515 e. The molecular formula is C97H178O24Si24. The molecule has 0 atom stereocenters. The SMILES string of the molecule is C=C[Si](C)(C)O[Si](C)(C)O[Si](C)(C)CCC.CC.CCC[Si](C)(C)O[Si](C)(C)O[Si](C)(C)O[Si](C)(C)O[Si](C)(C)O[Si](C)(C)O[Si](C)(C)O[Si](C)(C)O[Si](C)(C)CCC.C[Si](C)(C)O[Si]1(c2ccccc2)O[Si]2(c3ccccc3)O[Si](O[Si](C)(C)C)(c3ccccc3)O[Si](c3ccccc3)(O1)O[Si]1(c3ccccc3)O[Si](O[Si](C)(C)C)(c3ccccc3)O[Si](c3ccccc3)(O[Si](O[Si](C)(C)C)(c3ccccc3)O1)O2. The lowest BCUT2D eigenvalue weighted by Crippen LogP contribution is -2.91. The molecular weight excluding hydrogens is 2220 g/mol. The highest BCUT2D eigenvalue weighted by atomic mass is 28.6. The number of hydrogen-bond donors (Lipinski definition) is 0. The number of hydrogen-bond acceptors (Lipinski definition) is 24. The summed E-state index contributed by atoms with van der Waals surface area (Å²) in [5.74, 6) is 0. The molecule has 0 N–H and O–H groups in total. The van der Waals surface area contributed by atoms with Crippen LogP contribution in [0.25, 0.3) is 0 Å². The van der Waals surface area contributed by atoms with Crippen LogP contribution in [0.15, 0.2) is 255 Å². The molecule has 4 saturated heterocycles. The summed E-state index contributed by atoms with van der Waals surface area (Å²) in [6, 6.07) is 81.9. The van der Waals surface area contributed by atoms with E-state index in [2.05, 4.69) is 263 Å². The van der Waals surface area contributed by atoms with Gasteiger partial charge in [-0.1, -0.05) is 302 Å². The van der Waals surface area contributed by atoms with Crippen molar-refractivity contribution in [3.8, 4) is 0 Å². The summed E-state index contributed by atoms with van der Waals surface area (Å²) < 4.78 is 184. The summed E-state index contributed by atoms with van der Waals surface area (Å²) in [6.45, 7) is 91.9. The van der Waals surface area contributed by atoms with E-state index in [-0.39, 0.29) is 0 Å². The van der Waals surface area contributed by atoms with Gasteiger partial charge in [-0.05, 0) is 254 Å². The van der Waals surface area contributed by atoms with Gasteiger partial charge in [-0.15, -0.1) is 6.58 Å². The highest BCUT2D eigenvalue weighted by molar-refractivity contribution is 7.12. The van der Waals surface area contributed by atoms with Crippen molar-refractivity contribution in [1.82, 2.24) is 0 Å². The fourth-order valence-corrected chi connectivity index (χ4v) is 134. The lowest BCUT2D eigenvalue weighted by molar-refractivity contribution is 0.0482. The molecule has 48 heteroatoms. The Morgan fingerprint density at radius 1 is 0.200 bits per heavy atom. The van der Waals surface area contributed by atoms with Crippen LogP contribution in [0.5, 0.6) is 0 Å². The van der Waals surface area contributed by atoms with Crippen LogP contribution in [-0.2, 0) is 98.8 Å². The van der Waals surface area contributed by atoms with Crippen LogP contribution in [0, 0.1) is 0 Å². The first-order valence-corrected chi connectivity index (χ1v) is 114. The molecule has 0 radical (unpaired) electrons. The van der Waals surface area contributed by atoms with Crippen molar-refractivity contribution in [2.45, 2.75) is 308 Å². The third kappa shape index (κ3) is 38.3. The van der Waals surface area contributed by atoms with Crippen molar-refractivity contribution in [1.29, 1.82) is 0 Å². The molecule has 4 aliphatic rings. The molecule has 24 nitrogen and oxygen atoms in total. The average molecular weight is 2400 g/mol. The molecule has 0 saturated carbocycles. The van der Waals surface area contributed by atoms with E-state index >= 15 is 0 Å². The first-order valence-electron chi connectivity index (χ1n) is 51.5. The molecule has 0 aliphatic carbocycles. The second kappa shape index (κ2) is 50.1. The van der Waals surface area contributed by atoms with Crippen LogP contribution in [0.4, 0.5) is 0 Å². The van der Waals surface area contributed by atoms with E-state index in [4.69, 9.17) is 98.8 Å². The van der Waals surface area contributed by atoms with E-state index < -0.39 is 205 Å². The quantitative estimate of drug-likeness (QED) is 0.0324. The predicted octanol–water partition coefficient (Wildman–Crippen LogP) is 22.9. The third-order valence-electron chi connectivity index (χ3n) is 21.5. The Balaban J connectivity index is 0.000000361. The van der Waals surface area contributed by atoms with E-state index in [0.29, 0.717) is 41.5 Å². The Hall–Kier alpha value is -2.25. The molecule has 4 bridgehead atoms. The van der Waals surface area contributed by atoms with E-state index in [0.717, 1.165) is 24.9 Å². The Morgan fingerprint density at radius 2 is 0.338 bits per heavy atom. The average Bonchev–Trinajstić information content (AvgIpc) is 0.682. The molecule has 145 heavy (non-hydrogen) atoms. The van der Waals surface area contributed by atoms with Gasteiger partial charge in [0.15, 0.2) is 66.5 Å². The Kier molecular flexibility index (Phi) is 44.2. The van der Waals surface area contributed by atoms with E-state index in [1.807, 2.05) is 262 Å². The van der Waals surface area contributed by atoms with Gasteiger partial charge < -0.3 is 98.8 Å². The van der Waals surface area contributed by atoms with Gasteiger partial charge in [-0.25, -0.2) is 0 Å². The molecule has 0 unspecified atom stereocenters. The van der Waals surface area contributed by atoms with E-state index in [9.17, 15) is 0 Å². The largest absolute Gasteiger partial charge is 0.515 e. The molecule has 8 aromatic rings. The van der Waals surface area contributed by atoms with Gasteiger partial charge in [-0.3, -0.25) is 0 Å². The maximum atomic E-state index is 8.78. The minimum absolute atomic E-state index is 0.515. The number of fused-ring (bicyclic) bond motifs is 4. The topological polar surface area (TPSA) is 222 Å². The second-order valence-electron chi connectivity index (χ2n) is 46.8. The zero-order chi connectivity index (χ0) is 109. The molecule has 0 aromatic heterocycles. The van der Waals surface area contributed by atoms with Crippen molar-refractivity contribution in [2.75, 3.05) is 0 Å². The van der Waals surface area contributed by atoms with Gasteiger partial charge in [0.1, 0.15) is 0 Å². The number of benzene rings is 8. The summed E-state index contributed by atoms with van der Waals surface area (Å²) in [5.41, 5.74) is 1.99. The highest BCUT2D eigenvalue weighted by Crippen LogP contribution is 2.46. The van der Waals surface area contributed by atoms with Gasteiger partial charge in [0, 0.05) is 41.5 Å². The van der Waals surface area contributed by atoms with Crippen molar-refractivity contribution in [3.63, 3.8) is 0 Å². The third-order valence-corrected chi connectivity index (χ3v) is 112. The van der Waals surface area contributed by atoms with Crippen LogP contribution < -0.4 is 41.5 Å². The fourth-order valence-electron chi connectivity index (χ4n) is 18.8. The first-order chi connectivity index (χ1) is 66.6. The van der Waals surface area contributed by atoms with E-state index in [1.165, 1.54) is 12.5 Å². The summed E-state index contributed by atoms with van der Waals surface area (Å²) in [4.78, 5) is 0. The summed E-state index contributed by atoms with van der Waals surface area (Å²) in [7, 11) is -78.2. The monoisotopic (exact) mass is 2400 g/mol. The fraction of sp³-hybridized carbons (Fsp3) is 0.485. The Morgan fingerprint density at radius 3 is 0.476 bits per heavy atom. The van der Waals surface area contributed by atoms with Gasteiger partial charge >= 0.3 is 139 Å². The molecule has 4 fully saturated rings. The zero-order valence-electron chi connectivity index (χ0n) is 95.4. The Labute approximate surface area is 900 Å². The first kappa shape index (κ1) is 128. The lowest BCUT2D eigenvalue weighted by Gasteiger charge is -2.58. The van der Waals surface area contributed by atoms with E-state index in [1.54, 1.807) is 0 Å². The van der Waals surface area contributed by atoms with Gasteiger partial charge in [-0.2, -0.15) is 0 Å². The van der Waals surface area contributed by atoms with Crippen LogP contribution in [-0.4, -0.2) is 205 Å². The van der Waals surface area contributed by atoms with Crippen molar-refractivity contribution in [3.05, 3.63) is 255 Å². The zero-order valence-corrected chi connectivity index (χ0v) is 119. The van der Waals surface area contributed by atoms with Crippen LogP contribution in [0.3, 0.4) is 0 Å². The molecule has 806 valence electrons. The normalized spacial score (nSPS) is 23.3. The summed E-state index contributed by atoms with van der Waals surface area (Å²) in [6.07, 6.45) is 3.47. The minimum Gasteiger partial charge on any atom is -0.437 e. The number of rotatable bonds is 43. The van der Waals surface area contributed by atoms with Crippen LogP contribution in [0.1, 0.15) is 53.9 Å². The van der Waals surface area contributed by atoms with Crippen molar-refractivity contribution < 1.29 is 98.8 Å². The Bertz CT molecular complexity index is 4750. The van der Waals surface area contributed by atoms with Crippen LogP contribution in [0.2, 0.25) is 254 Å². The van der Waals surface area contributed by atoms with Crippen LogP contribution >= 0.6 is 0 Å². The summed E-state index contributed by atoms with van der Waals surface area (Å²) in [5, 5.41) is 4.46. The smallest absolute Gasteiger partial charge is 0.437 e. The second-order valence-corrected chi connectivity index (χ2v) is 135. The molecule has 0 spiro atoms. The molecule has 12 rings (SSSR count). The molecule has 0 amide bonds. The van der Waals surface area contributed by atoms with Gasteiger partial charge in [0.25, 0.3) is 0 Å². The van der Waals surface area contributed by atoms with Gasteiger partial charge in [0.05, 0.1) is 0 Å². The standard InChI is InChI=1S/C60H76O14Si12.C24H68O8Si9.C11H28O2Si3.C2H6/c1-75(2,3)61-79(53-37-21-13-22-38-53)65-83(57-45-29-17-30-46-57)67-80(62-76(4,5)6,54-39-23-14-24-40-54)68-84(66-79,58-47-31-18-32-48-58)74-86(60-51-35-20-36-52-60)70-81(63-77(7,8)9,55-41-25-15-26-42-55)69-85(73-83,59-49-33-19-34-50-59)71-82(72-86,64-78(10,11)12)56-43-27-16-28-44-56;1-21-23-33(3,4)25-35(7,8)27-37(11,12)29-39(15,16)31-41(19,20)32-40(17,18)30-38(13,14)28-36(9,10)26-34(5,6)24-22-2;1-9-11-15(5,6)13-16(7,8)12-14(3,4)10-2;1-2/h13-52H,1-12H3;21-24H2,1-20H3;10H,2,9,11H2,1,3-8H3;1-2H3. The summed E-state index contributed by atoms with van der Waals surface area (Å²) >= 11 is 0. The van der Waals surface area contributed by atoms with Crippen molar-refractivity contribution in [2.24, 2.45) is 0 Å². The molecule has 4 heterocycles. The highest BCUT2D eigenvalue weighted by Gasteiger charge is 2.81. The van der Waals surface area contributed by atoms with Gasteiger partial charge in [0.2, 0.25) is 0 Å². The lowest BCUT2D eigenvalue weighted by atomic mass is 10.4. The van der Waals surface area contributed by atoms with Crippen molar-refractivity contribution >= 4 is 247 Å². The predicted molar refractivity (Wildman–Crippen MR) is 651 cm³/mol. The maximum absolute atomic E-state index is 8.78. The minimum atomic E-state index is -5.23. The molecule has 4 aliphatic heterocycles. The molecule has 8 aromatic carbocycles.